The van der Waals surface area contributed by atoms with Crippen LogP contribution in [0.15, 0.2) is 53.1 Å². The first-order valence-electron chi connectivity index (χ1n) is 9.81. The Hall–Kier alpha value is -3.67. The van der Waals surface area contributed by atoms with Crippen LogP contribution in [0, 0.1) is 18.6 Å². The number of rotatable bonds is 8. The molecule has 2 heterocycles. The second-order valence-corrected chi connectivity index (χ2v) is 7.27. The highest BCUT2D eigenvalue weighted by Gasteiger charge is 2.38. The fourth-order valence-electron chi connectivity index (χ4n) is 3.06. The summed E-state index contributed by atoms with van der Waals surface area (Å²) in [6.07, 6.45) is 5.14. The molecule has 0 radical (unpaired) electrons. The van der Waals surface area contributed by atoms with Gasteiger partial charge in [0, 0.05) is 24.0 Å². The molecule has 0 unspecified atom stereocenters. The predicted octanol–water partition coefficient (Wildman–Crippen LogP) is 2.34. The number of halogens is 4. The van der Waals surface area contributed by atoms with Gasteiger partial charge in [0.15, 0.2) is 5.82 Å². The lowest BCUT2D eigenvalue weighted by Crippen LogP contribution is -2.40. The molecule has 0 aliphatic carbocycles. The van der Waals surface area contributed by atoms with Crippen LogP contribution in [-0.4, -0.2) is 44.7 Å². The maximum atomic E-state index is 14.5. The van der Waals surface area contributed by atoms with Crippen molar-refractivity contribution in [1.82, 2.24) is 19.9 Å². The van der Waals surface area contributed by atoms with Gasteiger partial charge in [-0.05, 0) is 31.2 Å². The number of carbonyl (C=O) groups is 1. The molecule has 8 nitrogen and oxygen atoms in total. The first-order valence-corrected chi connectivity index (χ1v) is 9.81. The van der Waals surface area contributed by atoms with Crippen LogP contribution < -0.4 is 16.2 Å². The second-order valence-electron chi connectivity index (χ2n) is 7.27. The Balaban J connectivity index is 1.68. The number of hydrogen-bond acceptors (Lipinski definition) is 6. The minimum Gasteiger partial charge on any atom is -0.359 e. The quantitative estimate of drug-likeness (QED) is 0.516. The molecule has 3 N–H and O–H groups in total. The zero-order valence-electron chi connectivity index (χ0n) is 17.5. The third kappa shape index (κ3) is 5.77. The number of benzene rings is 1. The summed E-state index contributed by atoms with van der Waals surface area (Å²) in [6, 6.07) is 2.81. The van der Waals surface area contributed by atoms with E-state index in [0.717, 1.165) is 28.8 Å². The molecule has 12 heteroatoms. The van der Waals surface area contributed by atoms with Crippen LogP contribution in [0.25, 0.3) is 0 Å². The number of carbonyl (C=O) groups excluding carboxylic acids is 1. The van der Waals surface area contributed by atoms with Crippen molar-refractivity contribution in [3.63, 3.8) is 0 Å². The maximum Gasteiger partial charge on any atom is 0.306 e. The number of aryl methyl sites for hydroxylation is 1. The number of aromatic nitrogens is 2. The van der Waals surface area contributed by atoms with Gasteiger partial charge in [0.25, 0.3) is 5.56 Å². The summed E-state index contributed by atoms with van der Waals surface area (Å²) in [5, 5.41) is 14.7. The number of hydrogen-bond donors (Lipinski definition) is 3. The maximum absolute atomic E-state index is 14.5. The average Bonchev–Trinajstić information content (AvgIpc) is 2.77. The Labute approximate surface area is 185 Å². The van der Waals surface area contributed by atoms with Gasteiger partial charge in [-0.15, -0.1) is 0 Å². The van der Waals surface area contributed by atoms with E-state index in [2.05, 4.69) is 15.6 Å². The van der Waals surface area contributed by atoms with Crippen LogP contribution in [0.3, 0.4) is 0 Å². The molecule has 0 atom stereocenters. The van der Waals surface area contributed by atoms with Gasteiger partial charge in [0.2, 0.25) is 5.91 Å². The third-order valence-electron chi connectivity index (χ3n) is 4.84. The molecule has 0 bridgehead atoms. The molecule has 1 aliphatic rings. The first kappa shape index (κ1) is 24.0. The molecule has 176 valence electrons. The van der Waals surface area contributed by atoms with E-state index in [-0.39, 0.29) is 24.3 Å². The van der Waals surface area contributed by atoms with Gasteiger partial charge in [0.05, 0.1) is 13.1 Å². The van der Waals surface area contributed by atoms with Gasteiger partial charge in [-0.3, -0.25) is 24.4 Å². The minimum absolute atomic E-state index is 0.0727. The van der Waals surface area contributed by atoms with Crippen LogP contribution >= 0.6 is 0 Å². The molecule has 1 aromatic heterocycles. The lowest BCUT2D eigenvalue weighted by molar-refractivity contribution is -0.121. The van der Waals surface area contributed by atoms with Crippen molar-refractivity contribution >= 4 is 11.7 Å². The highest BCUT2D eigenvalue weighted by atomic mass is 19.3. The number of alkyl halides is 2. The van der Waals surface area contributed by atoms with Gasteiger partial charge in [-0.2, -0.15) is 8.78 Å². The molecule has 2 aromatic rings. The molecule has 0 saturated heterocycles. The van der Waals surface area contributed by atoms with Crippen LogP contribution in [0.2, 0.25) is 0 Å². The Morgan fingerprint density at radius 3 is 2.79 bits per heavy atom. The highest BCUT2D eigenvalue weighted by Crippen LogP contribution is 2.28. The lowest BCUT2D eigenvalue weighted by atomic mass is 10.1. The Kier molecular flexibility index (Phi) is 7.16. The number of nitrogens with one attached hydrogen (secondary N) is 2. The third-order valence-corrected chi connectivity index (χ3v) is 4.84. The van der Waals surface area contributed by atoms with E-state index < -0.39 is 53.6 Å². The van der Waals surface area contributed by atoms with Gasteiger partial charge in [0.1, 0.15) is 23.9 Å². The molecular weight excluding hydrogens is 446 g/mol. The van der Waals surface area contributed by atoms with Gasteiger partial charge in [-0.1, -0.05) is 12.2 Å². The van der Waals surface area contributed by atoms with E-state index in [1.165, 1.54) is 25.3 Å². The standard InChI is InChI=1S/C21H21F4N5O3/c1-13-9-27-19(28-12-21(24,25)17-4-2-3-7-30(17)33)20(32)29(13)11-18(31)26-10-14-8-15(22)5-6-16(14)23/h2-6,8-9,33H,7,10-12H2,1H3,(H,26,31)(H,27,28). The van der Waals surface area contributed by atoms with Gasteiger partial charge < -0.3 is 10.6 Å². The topological polar surface area (TPSA) is 99.5 Å². The highest BCUT2D eigenvalue weighted by molar-refractivity contribution is 5.75. The minimum atomic E-state index is -3.52. The summed E-state index contributed by atoms with van der Waals surface area (Å²) in [7, 11) is 0. The number of hydroxylamine groups is 2. The molecule has 1 amide bonds. The molecule has 0 spiro atoms. The molecule has 0 saturated carbocycles. The number of allylic oxidation sites excluding steroid dienone is 2. The van der Waals surface area contributed by atoms with E-state index in [1.54, 1.807) is 0 Å². The number of nitrogens with zero attached hydrogens (tertiary/aromatic N) is 3. The monoisotopic (exact) mass is 467 g/mol. The number of anilines is 1. The van der Waals surface area contributed by atoms with Crippen molar-refractivity contribution in [3.8, 4) is 0 Å². The zero-order valence-corrected chi connectivity index (χ0v) is 17.5. The van der Waals surface area contributed by atoms with E-state index in [9.17, 15) is 32.4 Å². The summed E-state index contributed by atoms with van der Waals surface area (Å²) < 4.78 is 56.9. The number of amides is 1. The van der Waals surface area contributed by atoms with Crippen molar-refractivity contribution in [2.24, 2.45) is 0 Å². The van der Waals surface area contributed by atoms with Crippen molar-refractivity contribution in [3.05, 3.63) is 81.6 Å². The molecule has 0 fully saturated rings. The Morgan fingerprint density at radius 2 is 2.06 bits per heavy atom. The summed E-state index contributed by atoms with van der Waals surface area (Å²) in [4.78, 5) is 28.8. The lowest BCUT2D eigenvalue weighted by Gasteiger charge is -2.28. The fourth-order valence-corrected chi connectivity index (χ4v) is 3.06. The van der Waals surface area contributed by atoms with Gasteiger partial charge >= 0.3 is 5.92 Å². The summed E-state index contributed by atoms with van der Waals surface area (Å²) in [5.74, 6) is -5.98. The summed E-state index contributed by atoms with van der Waals surface area (Å²) in [6.45, 7) is -0.434. The molecule has 1 aliphatic heterocycles. The molecule has 3 rings (SSSR count). The van der Waals surface area contributed by atoms with E-state index in [0.29, 0.717) is 5.06 Å². The SMILES string of the molecule is Cc1cnc(NCC(F)(F)C2=CC=CCN2O)c(=O)n1CC(=O)NCc1cc(F)ccc1F. The van der Waals surface area contributed by atoms with Crippen LogP contribution in [0.1, 0.15) is 11.3 Å². The second kappa shape index (κ2) is 9.86. The average molecular weight is 467 g/mol. The van der Waals surface area contributed by atoms with Gasteiger partial charge in [-0.25, -0.2) is 13.8 Å². The summed E-state index contributed by atoms with van der Waals surface area (Å²) >= 11 is 0. The van der Waals surface area contributed by atoms with E-state index in [4.69, 9.17) is 0 Å². The smallest absolute Gasteiger partial charge is 0.306 e. The van der Waals surface area contributed by atoms with Crippen molar-refractivity contribution in [2.75, 3.05) is 18.4 Å². The normalized spacial score (nSPS) is 13.6. The first-order chi connectivity index (χ1) is 15.6. The Morgan fingerprint density at radius 1 is 1.30 bits per heavy atom. The van der Waals surface area contributed by atoms with Crippen LogP contribution in [-0.2, 0) is 17.9 Å². The fraction of sp³-hybridized carbons (Fsp3) is 0.286. The Bertz CT molecular complexity index is 1160. The van der Waals surface area contributed by atoms with Crippen molar-refractivity contribution in [1.29, 1.82) is 0 Å². The molecule has 1 aromatic carbocycles. The van der Waals surface area contributed by atoms with Crippen LogP contribution in [0.5, 0.6) is 0 Å². The zero-order chi connectivity index (χ0) is 24.2. The van der Waals surface area contributed by atoms with Crippen molar-refractivity contribution in [2.45, 2.75) is 25.9 Å². The van der Waals surface area contributed by atoms with Crippen LogP contribution in [0.4, 0.5) is 23.4 Å². The van der Waals surface area contributed by atoms with E-state index >= 15 is 0 Å². The molecular formula is C21H21F4N5O3. The van der Waals surface area contributed by atoms with Crippen molar-refractivity contribution < 1.29 is 27.6 Å². The predicted molar refractivity (Wildman–Crippen MR) is 111 cm³/mol. The molecule has 33 heavy (non-hydrogen) atoms. The summed E-state index contributed by atoms with van der Waals surface area (Å²) in [5.41, 5.74) is -1.26. The van der Waals surface area contributed by atoms with E-state index in [1.807, 2.05) is 0 Å². The largest absolute Gasteiger partial charge is 0.359 e.